The number of nitrogens with zero attached hydrogens (tertiary/aromatic N) is 3. The van der Waals surface area contributed by atoms with Crippen molar-refractivity contribution in [2.75, 3.05) is 23.3 Å². The standard InChI is InChI=1S/C23H20F4N4O3/c24-16-2-1-3-18(14-16)31-21(32)9-8-20(29-31)30-12-10-15(11-13-30)22(33)28-17-4-6-19(7-5-17)34-23(25,26)27/h1-9,14-15H,10-13H2,(H,28,33). The second-order valence-electron chi connectivity index (χ2n) is 7.74. The van der Waals surface area contributed by atoms with Crippen LogP contribution in [0.2, 0.25) is 0 Å². The molecule has 0 atom stereocenters. The number of alkyl halides is 3. The number of carbonyl (C=O) groups is 1. The van der Waals surface area contributed by atoms with Crippen LogP contribution >= 0.6 is 0 Å². The lowest BCUT2D eigenvalue weighted by Gasteiger charge is -2.32. The summed E-state index contributed by atoms with van der Waals surface area (Å²) < 4.78 is 55.3. The Morgan fingerprint density at radius 2 is 1.74 bits per heavy atom. The van der Waals surface area contributed by atoms with Gasteiger partial charge in [0.15, 0.2) is 0 Å². The van der Waals surface area contributed by atoms with Crippen molar-refractivity contribution in [3.05, 3.63) is 76.8 Å². The Morgan fingerprint density at radius 1 is 1.03 bits per heavy atom. The van der Waals surface area contributed by atoms with Crippen LogP contribution in [0.25, 0.3) is 5.69 Å². The normalized spacial score (nSPS) is 14.6. The lowest BCUT2D eigenvalue weighted by molar-refractivity contribution is -0.274. The fraction of sp³-hybridized carbons (Fsp3) is 0.261. The molecule has 1 aliphatic heterocycles. The van der Waals surface area contributed by atoms with Crippen molar-refractivity contribution in [2.45, 2.75) is 19.2 Å². The van der Waals surface area contributed by atoms with Crippen LogP contribution in [0.5, 0.6) is 5.75 Å². The summed E-state index contributed by atoms with van der Waals surface area (Å²) >= 11 is 0. The van der Waals surface area contributed by atoms with Crippen LogP contribution in [-0.4, -0.2) is 35.1 Å². The molecule has 1 N–H and O–H groups in total. The number of amides is 1. The van der Waals surface area contributed by atoms with Gasteiger partial charge in [0, 0.05) is 30.8 Å². The molecule has 1 amide bonds. The van der Waals surface area contributed by atoms with Gasteiger partial charge in [-0.15, -0.1) is 18.3 Å². The SMILES string of the molecule is O=C(Nc1ccc(OC(F)(F)F)cc1)C1CCN(c2ccc(=O)n(-c3cccc(F)c3)n2)CC1. The average Bonchev–Trinajstić information content (AvgIpc) is 2.80. The molecule has 3 aromatic rings. The number of nitrogens with one attached hydrogen (secondary N) is 1. The van der Waals surface area contributed by atoms with Crippen molar-refractivity contribution in [1.29, 1.82) is 0 Å². The highest BCUT2D eigenvalue weighted by atomic mass is 19.4. The first-order valence-corrected chi connectivity index (χ1v) is 10.5. The molecular weight excluding hydrogens is 456 g/mol. The van der Waals surface area contributed by atoms with Gasteiger partial charge in [-0.1, -0.05) is 6.07 Å². The number of piperidine rings is 1. The van der Waals surface area contributed by atoms with E-state index in [0.717, 1.165) is 16.8 Å². The smallest absolute Gasteiger partial charge is 0.406 e. The second kappa shape index (κ2) is 9.54. The van der Waals surface area contributed by atoms with Gasteiger partial charge in [-0.2, -0.15) is 4.68 Å². The Hall–Kier alpha value is -3.89. The molecule has 4 rings (SSSR count). The molecule has 1 aliphatic rings. The van der Waals surface area contributed by atoms with Gasteiger partial charge in [0.1, 0.15) is 17.4 Å². The van der Waals surface area contributed by atoms with E-state index >= 15 is 0 Å². The molecule has 1 saturated heterocycles. The molecule has 1 fully saturated rings. The fourth-order valence-corrected chi connectivity index (χ4v) is 3.72. The number of hydrogen-bond donors (Lipinski definition) is 1. The molecule has 0 unspecified atom stereocenters. The third kappa shape index (κ3) is 5.72. The lowest BCUT2D eigenvalue weighted by atomic mass is 9.96. The van der Waals surface area contributed by atoms with E-state index < -0.39 is 17.7 Å². The maximum Gasteiger partial charge on any atom is 0.573 e. The molecule has 0 radical (unpaired) electrons. The monoisotopic (exact) mass is 476 g/mol. The van der Waals surface area contributed by atoms with E-state index in [2.05, 4.69) is 15.2 Å². The van der Waals surface area contributed by atoms with Crippen molar-refractivity contribution < 1.29 is 27.1 Å². The molecule has 2 heterocycles. The number of anilines is 2. The highest BCUT2D eigenvalue weighted by Crippen LogP contribution is 2.26. The minimum absolute atomic E-state index is 0.234. The summed E-state index contributed by atoms with van der Waals surface area (Å²) in [5, 5.41) is 7.06. The van der Waals surface area contributed by atoms with E-state index in [-0.39, 0.29) is 17.6 Å². The molecule has 178 valence electrons. The van der Waals surface area contributed by atoms with Gasteiger partial charge in [-0.05, 0) is 61.4 Å². The summed E-state index contributed by atoms with van der Waals surface area (Å²) in [6.45, 7) is 1.01. The predicted octanol–water partition coefficient (Wildman–Crippen LogP) is 4.13. The Balaban J connectivity index is 1.36. The summed E-state index contributed by atoms with van der Waals surface area (Å²) in [4.78, 5) is 26.7. The molecule has 0 aliphatic carbocycles. The molecule has 1 aromatic heterocycles. The van der Waals surface area contributed by atoms with Gasteiger partial charge in [-0.25, -0.2) is 4.39 Å². The van der Waals surface area contributed by atoms with E-state index in [9.17, 15) is 27.2 Å². The van der Waals surface area contributed by atoms with Crippen LogP contribution in [0.4, 0.5) is 29.1 Å². The van der Waals surface area contributed by atoms with Crippen LogP contribution in [0.1, 0.15) is 12.8 Å². The summed E-state index contributed by atoms with van der Waals surface area (Å²) in [5.74, 6) is -0.849. The van der Waals surface area contributed by atoms with E-state index in [4.69, 9.17) is 0 Å². The fourth-order valence-electron chi connectivity index (χ4n) is 3.72. The van der Waals surface area contributed by atoms with Gasteiger partial charge in [0.05, 0.1) is 5.69 Å². The predicted molar refractivity (Wildman–Crippen MR) is 116 cm³/mol. The number of carbonyl (C=O) groups excluding carboxylic acids is 1. The first-order valence-electron chi connectivity index (χ1n) is 10.5. The lowest BCUT2D eigenvalue weighted by Crippen LogP contribution is -2.39. The van der Waals surface area contributed by atoms with Crippen LogP contribution in [-0.2, 0) is 4.79 Å². The average molecular weight is 476 g/mol. The van der Waals surface area contributed by atoms with Crippen molar-refractivity contribution in [2.24, 2.45) is 5.92 Å². The maximum atomic E-state index is 13.6. The molecule has 0 saturated carbocycles. The molecule has 11 heteroatoms. The minimum atomic E-state index is -4.78. The molecule has 0 bridgehead atoms. The quantitative estimate of drug-likeness (QED) is 0.561. The van der Waals surface area contributed by atoms with E-state index in [1.807, 2.05) is 4.90 Å². The van der Waals surface area contributed by atoms with Crippen LogP contribution in [0, 0.1) is 11.7 Å². The molecule has 2 aromatic carbocycles. The molecular formula is C23H20F4N4O3. The Labute approximate surface area is 191 Å². The summed E-state index contributed by atoms with van der Waals surface area (Å²) in [7, 11) is 0. The first kappa shape index (κ1) is 23.3. The van der Waals surface area contributed by atoms with E-state index in [0.29, 0.717) is 43.1 Å². The second-order valence-corrected chi connectivity index (χ2v) is 7.74. The third-order valence-corrected chi connectivity index (χ3v) is 5.38. The number of aromatic nitrogens is 2. The summed E-state index contributed by atoms with van der Waals surface area (Å²) in [5.41, 5.74) is 0.286. The number of rotatable bonds is 5. The highest BCUT2D eigenvalue weighted by Gasteiger charge is 2.31. The van der Waals surface area contributed by atoms with Crippen molar-refractivity contribution in [3.8, 4) is 11.4 Å². The number of benzene rings is 2. The van der Waals surface area contributed by atoms with E-state index in [1.165, 1.54) is 36.4 Å². The van der Waals surface area contributed by atoms with Crippen molar-refractivity contribution >= 4 is 17.4 Å². The number of ether oxygens (including phenoxy) is 1. The molecule has 34 heavy (non-hydrogen) atoms. The van der Waals surface area contributed by atoms with Gasteiger partial charge in [-0.3, -0.25) is 9.59 Å². The molecule has 0 spiro atoms. The summed E-state index contributed by atoms with van der Waals surface area (Å²) in [6, 6.07) is 13.5. The first-order chi connectivity index (χ1) is 16.2. The topological polar surface area (TPSA) is 76.5 Å². The van der Waals surface area contributed by atoms with Gasteiger partial charge in [0.25, 0.3) is 5.56 Å². The Bertz CT molecular complexity index is 1220. The van der Waals surface area contributed by atoms with Crippen LogP contribution in [0.3, 0.4) is 0 Å². The zero-order valence-electron chi connectivity index (χ0n) is 17.8. The van der Waals surface area contributed by atoms with Crippen molar-refractivity contribution in [3.63, 3.8) is 0 Å². The maximum absolute atomic E-state index is 13.6. The van der Waals surface area contributed by atoms with Gasteiger partial charge < -0.3 is 15.0 Å². The third-order valence-electron chi connectivity index (χ3n) is 5.38. The zero-order chi connectivity index (χ0) is 24.3. The van der Waals surface area contributed by atoms with Crippen LogP contribution in [0.15, 0.2) is 65.5 Å². The zero-order valence-corrected chi connectivity index (χ0v) is 17.8. The number of hydrogen-bond acceptors (Lipinski definition) is 5. The van der Waals surface area contributed by atoms with Gasteiger partial charge >= 0.3 is 6.36 Å². The van der Waals surface area contributed by atoms with Crippen molar-refractivity contribution in [1.82, 2.24) is 9.78 Å². The largest absolute Gasteiger partial charge is 0.573 e. The highest BCUT2D eigenvalue weighted by molar-refractivity contribution is 5.92. The Morgan fingerprint density at radius 3 is 2.38 bits per heavy atom. The van der Waals surface area contributed by atoms with Crippen LogP contribution < -0.4 is 20.5 Å². The number of halogens is 4. The Kier molecular flexibility index (Phi) is 6.53. The molecule has 7 nitrogen and oxygen atoms in total. The minimum Gasteiger partial charge on any atom is -0.406 e. The van der Waals surface area contributed by atoms with Gasteiger partial charge in [0.2, 0.25) is 5.91 Å². The van der Waals surface area contributed by atoms with E-state index in [1.54, 1.807) is 12.1 Å². The summed E-state index contributed by atoms with van der Waals surface area (Å²) in [6.07, 6.45) is -3.75.